The number of ether oxygens (including phenoxy) is 2. The van der Waals surface area contributed by atoms with Gasteiger partial charge in [0, 0.05) is 30.8 Å². The van der Waals surface area contributed by atoms with E-state index in [-0.39, 0.29) is 11.7 Å². The van der Waals surface area contributed by atoms with Gasteiger partial charge in [-0.15, -0.1) is 0 Å². The van der Waals surface area contributed by atoms with Crippen LogP contribution < -0.4 is 15.8 Å². The van der Waals surface area contributed by atoms with Crippen LogP contribution in [0.4, 0.5) is 10.5 Å². The summed E-state index contributed by atoms with van der Waals surface area (Å²) in [4.78, 5) is 11.0. The third-order valence-electron chi connectivity index (χ3n) is 2.97. The zero-order chi connectivity index (χ0) is 13.3. The van der Waals surface area contributed by atoms with Crippen LogP contribution in [-0.2, 0) is 4.74 Å². The molecule has 5 nitrogen and oxygen atoms in total. The van der Waals surface area contributed by atoms with Crippen LogP contribution >= 0.6 is 0 Å². The van der Waals surface area contributed by atoms with Crippen LogP contribution in [0.1, 0.15) is 31.9 Å². The molecule has 0 saturated heterocycles. The van der Waals surface area contributed by atoms with E-state index in [9.17, 15) is 4.79 Å². The van der Waals surface area contributed by atoms with Crippen LogP contribution in [0, 0.1) is 0 Å². The molecule has 3 N–H and O–H groups in total. The number of amides is 1. The highest BCUT2D eigenvalue weighted by Gasteiger charge is 2.35. The van der Waals surface area contributed by atoms with E-state index in [0.29, 0.717) is 6.42 Å². The molecule has 5 heteroatoms. The molecule has 0 aromatic heterocycles. The smallest absolute Gasteiger partial charge is 0.405 e. The van der Waals surface area contributed by atoms with Gasteiger partial charge in [0.2, 0.25) is 0 Å². The van der Waals surface area contributed by atoms with Crippen molar-refractivity contribution in [2.45, 2.75) is 32.0 Å². The quantitative estimate of drug-likeness (QED) is 0.845. The van der Waals surface area contributed by atoms with Crippen molar-refractivity contribution in [1.29, 1.82) is 0 Å². The number of rotatable bonds is 2. The Morgan fingerprint density at radius 2 is 2.28 bits per heavy atom. The summed E-state index contributed by atoms with van der Waals surface area (Å²) in [7, 11) is 1.84. The van der Waals surface area contributed by atoms with Gasteiger partial charge in [0.15, 0.2) is 0 Å². The first-order chi connectivity index (χ1) is 8.41. The SMILES string of the molecule is CNc1ccc2c(c1)OC(C)(C)CC2OC(N)=O. The van der Waals surface area contributed by atoms with Gasteiger partial charge in [0.05, 0.1) is 0 Å². The van der Waals surface area contributed by atoms with Crippen molar-refractivity contribution in [2.75, 3.05) is 12.4 Å². The Bertz CT molecular complexity index is 471. The second kappa shape index (κ2) is 4.40. The molecule has 0 saturated carbocycles. The van der Waals surface area contributed by atoms with Crippen LogP contribution in [0.25, 0.3) is 0 Å². The number of benzene rings is 1. The van der Waals surface area contributed by atoms with Crippen molar-refractivity contribution in [3.05, 3.63) is 23.8 Å². The fraction of sp³-hybridized carbons (Fsp3) is 0.462. The van der Waals surface area contributed by atoms with Crippen LogP contribution in [0.15, 0.2) is 18.2 Å². The van der Waals surface area contributed by atoms with Gasteiger partial charge in [-0.05, 0) is 26.0 Å². The first kappa shape index (κ1) is 12.5. The van der Waals surface area contributed by atoms with E-state index in [0.717, 1.165) is 17.0 Å². The van der Waals surface area contributed by atoms with Crippen molar-refractivity contribution in [1.82, 2.24) is 0 Å². The van der Waals surface area contributed by atoms with Crippen molar-refractivity contribution in [3.63, 3.8) is 0 Å². The molecule has 1 aromatic carbocycles. The van der Waals surface area contributed by atoms with Crippen molar-refractivity contribution in [3.8, 4) is 5.75 Å². The summed E-state index contributed by atoms with van der Waals surface area (Å²) in [6, 6.07) is 5.70. The molecular weight excluding hydrogens is 232 g/mol. The molecule has 2 rings (SSSR count). The maximum Gasteiger partial charge on any atom is 0.405 e. The van der Waals surface area contributed by atoms with Gasteiger partial charge in [0.25, 0.3) is 0 Å². The molecule has 0 aliphatic carbocycles. The maximum absolute atomic E-state index is 11.0. The van der Waals surface area contributed by atoms with E-state index >= 15 is 0 Å². The lowest BCUT2D eigenvalue weighted by Gasteiger charge is -2.37. The predicted molar refractivity (Wildman–Crippen MR) is 68.7 cm³/mol. The number of nitrogens with two attached hydrogens (primary N) is 1. The van der Waals surface area contributed by atoms with E-state index in [4.69, 9.17) is 15.2 Å². The van der Waals surface area contributed by atoms with E-state index in [2.05, 4.69) is 5.32 Å². The molecule has 1 amide bonds. The van der Waals surface area contributed by atoms with Gasteiger partial charge in [-0.2, -0.15) is 0 Å². The Hall–Kier alpha value is -1.91. The van der Waals surface area contributed by atoms with Crippen molar-refractivity contribution >= 4 is 11.8 Å². The summed E-state index contributed by atoms with van der Waals surface area (Å²) in [5, 5.41) is 3.05. The largest absolute Gasteiger partial charge is 0.487 e. The summed E-state index contributed by atoms with van der Waals surface area (Å²) >= 11 is 0. The third kappa shape index (κ3) is 2.50. The lowest BCUT2D eigenvalue weighted by atomic mass is 9.91. The monoisotopic (exact) mass is 250 g/mol. The Morgan fingerprint density at radius 1 is 1.56 bits per heavy atom. The topological polar surface area (TPSA) is 73.6 Å². The van der Waals surface area contributed by atoms with Gasteiger partial charge in [-0.25, -0.2) is 4.79 Å². The number of nitrogens with one attached hydrogen (secondary N) is 1. The molecule has 1 unspecified atom stereocenters. The minimum absolute atomic E-state index is 0.354. The molecule has 18 heavy (non-hydrogen) atoms. The number of hydrogen-bond acceptors (Lipinski definition) is 4. The van der Waals surface area contributed by atoms with E-state index in [1.165, 1.54) is 0 Å². The first-order valence-electron chi connectivity index (χ1n) is 5.88. The number of anilines is 1. The average Bonchev–Trinajstić information content (AvgIpc) is 2.25. The number of fused-ring (bicyclic) bond motifs is 1. The Morgan fingerprint density at radius 3 is 2.89 bits per heavy atom. The second-order valence-corrected chi connectivity index (χ2v) is 4.99. The Labute approximate surface area is 106 Å². The average molecular weight is 250 g/mol. The molecular formula is C13H18N2O3. The van der Waals surface area contributed by atoms with Crippen LogP contribution in [0.2, 0.25) is 0 Å². The van der Waals surface area contributed by atoms with E-state index < -0.39 is 6.09 Å². The fourth-order valence-electron chi connectivity index (χ4n) is 2.19. The highest BCUT2D eigenvalue weighted by molar-refractivity contribution is 5.65. The normalized spacial score (nSPS) is 20.5. The molecule has 1 aromatic rings. The predicted octanol–water partition coefficient (Wildman–Crippen LogP) is 2.43. The molecule has 0 spiro atoms. The highest BCUT2D eigenvalue weighted by Crippen LogP contribution is 2.42. The van der Waals surface area contributed by atoms with Crippen molar-refractivity contribution in [2.24, 2.45) is 5.73 Å². The fourth-order valence-corrected chi connectivity index (χ4v) is 2.19. The number of hydrogen-bond donors (Lipinski definition) is 2. The third-order valence-corrected chi connectivity index (χ3v) is 2.97. The summed E-state index contributed by atoms with van der Waals surface area (Å²) < 4.78 is 11.1. The lowest BCUT2D eigenvalue weighted by molar-refractivity contribution is 0.00312. The second-order valence-electron chi connectivity index (χ2n) is 4.99. The van der Waals surface area contributed by atoms with Gasteiger partial charge in [-0.3, -0.25) is 0 Å². The van der Waals surface area contributed by atoms with Crippen molar-refractivity contribution < 1.29 is 14.3 Å². The lowest BCUT2D eigenvalue weighted by Crippen LogP contribution is -2.36. The Balaban J connectivity index is 2.39. The van der Waals surface area contributed by atoms with Gasteiger partial charge in [-0.1, -0.05) is 0 Å². The molecule has 0 fully saturated rings. The summed E-state index contributed by atoms with van der Waals surface area (Å²) in [5.74, 6) is 0.726. The van der Waals surface area contributed by atoms with Gasteiger partial charge in [0.1, 0.15) is 17.5 Å². The van der Waals surface area contributed by atoms with Crippen LogP contribution in [-0.4, -0.2) is 18.7 Å². The maximum atomic E-state index is 11.0. The molecule has 0 radical (unpaired) electrons. The summed E-state index contributed by atoms with van der Waals surface area (Å²) in [5.41, 5.74) is 6.52. The minimum Gasteiger partial charge on any atom is -0.487 e. The number of carbonyl (C=O) groups is 1. The summed E-state index contributed by atoms with van der Waals surface area (Å²) in [6.45, 7) is 3.92. The molecule has 98 valence electrons. The van der Waals surface area contributed by atoms with E-state index in [1.54, 1.807) is 0 Å². The first-order valence-corrected chi connectivity index (χ1v) is 5.88. The molecule has 1 atom stereocenters. The van der Waals surface area contributed by atoms with E-state index in [1.807, 2.05) is 39.1 Å². The molecule has 1 aliphatic heterocycles. The Kier molecular flexibility index (Phi) is 3.07. The van der Waals surface area contributed by atoms with Crippen LogP contribution in [0.5, 0.6) is 5.75 Å². The zero-order valence-electron chi connectivity index (χ0n) is 10.8. The standard InChI is InChI=1S/C13H18N2O3/c1-13(2)7-11(17-12(14)16)9-5-4-8(15-3)6-10(9)18-13/h4-6,11,15H,7H2,1-3H3,(H2,14,16). The summed E-state index contributed by atoms with van der Waals surface area (Å²) in [6.07, 6.45) is -0.532. The van der Waals surface area contributed by atoms with Gasteiger partial charge >= 0.3 is 6.09 Å². The number of primary amides is 1. The molecule has 1 heterocycles. The van der Waals surface area contributed by atoms with Gasteiger partial charge < -0.3 is 20.5 Å². The highest BCUT2D eigenvalue weighted by atomic mass is 16.6. The zero-order valence-corrected chi connectivity index (χ0v) is 10.8. The molecule has 1 aliphatic rings. The molecule has 0 bridgehead atoms. The van der Waals surface area contributed by atoms with Crippen LogP contribution in [0.3, 0.4) is 0 Å². The minimum atomic E-state index is -0.763. The number of carbonyl (C=O) groups excluding carboxylic acids is 1.